The minimum atomic E-state index is -4.13. The monoisotopic (exact) mass is 2000 g/mol. The predicted octanol–water partition coefficient (Wildman–Crippen LogP) is 20.6. The Morgan fingerprint density at radius 2 is 0.617 bits per heavy atom. The number of Topliss-reactive ketones (excluding diaryl/α,β-unsaturated/α-hetero) is 6. The molecule has 0 aromatic heterocycles. The molecule has 0 aliphatic carbocycles. The van der Waals surface area contributed by atoms with E-state index in [0.29, 0.717) is 66.8 Å². The van der Waals surface area contributed by atoms with Gasteiger partial charge in [0.1, 0.15) is 34.7 Å². The number of benzene rings is 6. The highest BCUT2D eigenvalue weighted by atomic mass is 16.5. The molecule has 12 heterocycles. The van der Waals surface area contributed by atoms with Crippen LogP contribution in [0.4, 0.5) is 0 Å². The Balaban J connectivity index is 0.000000193. The number of piperidine rings is 6. The Morgan fingerprint density at radius 3 is 0.993 bits per heavy atom. The highest BCUT2D eigenvalue weighted by Gasteiger charge is 2.47. The van der Waals surface area contributed by atoms with Gasteiger partial charge in [-0.3, -0.25) is 58.2 Å². The van der Waals surface area contributed by atoms with Crippen LogP contribution in [0.1, 0.15) is 361 Å². The fourth-order valence-corrected chi connectivity index (χ4v) is 18.3. The number of hydrogen-bond acceptors (Lipinski definition) is 24. The first kappa shape index (κ1) is 55.3. The Hall–Kier alpha value is -9.30. The number of hydrogen-bond donors (Lipinski definition) is 0. The van der Waals surface area contributed by atoms with Gasteiger partial charge in [0.2, 0.25) is 0 Å². The van der Waals surface area contributed by atoms with Crippen molar-refractivity contribution < 1.29 is 165 Å². The quantitative estimate of drug-likeness (QED) is 0.0466. The average Bonchev–Trinajstić information content (AvgIpc) is 0.656. The maximum absolute atomic E-state index is 13.8. The molecule has 0 radical (unpaired) electrons. The van der Waals surface area contributed by atoms with Crippen LogP contribution in [0, 0.1) is 70.9 Å². The van der Waals surface area contributed by atoms with Crippen molar-refractivity contribution in [3.8, 4) is 69.0 Å². The normalized spacial score (nSPS) is 37.5. The first-order chi connectivity index (χ1) is 90.3. The van der Waals surface area contributed by atoms with Crippen LogP contribution in [0.3, 0.4) is 0 Å². The summed E-state index contributed by atoms with van der Waals surface area (Å²) >= 11 is 0. The van der Waals surface area contributed by atoms with E-state index in [0.717, 1.165) is 23.8 Å². The largest absolute Gasteiger partial charge is 0.493 e. The summed E-state index contributed by atoms with van der Waals surface area (Å²) in [6.45, 7) is -12.1. The molecule has 0 spiro atoms. The zero-order valence-electron chi connectivity index (χ0n) is 142. The average molecular weight is 2010 g/mol. The van der Waals surface area contributed by atoms with Crippen LogP contribution in [-0.2, 0) is 67.2 Å². The van der Waals surface area contributed by atoms with Gasteiger partial charge in [-0.15, -0.1) is 0 Å². The predicted molar refractivity (Wildman–Crippen MR) is 555 cm³/mol. The van der Waals surface area contributed by atoms with E-state index < -0.39 is 273 Å². The Labute approximate surface area is 924 Å². The zero-order valence-corrected chi connectivity index (χ0v) is 83.6. The second kappa shape index (κ2) is 50.0. The van der Waals surface area contributed by atoms with Crippen molar-refractivity contribution in [1.29, 1.82) is 0 Å². The summed E-state index contributed by atoms with van der Waals surface area (Å²) in [7, 11) is 15.5. The summed E-state index contributed by atoms with van der Waals surface area (Å²) < 4.78 is 553. The van der Waals surface area contributed by atoms with E-state index in [9.17, 15) is 28.8 Å². The first-order valence-corrected chi connectivity index (χ1v) is 46.6. The molecule has 12 aliphatic rings. The molecule has 141 heavy (non-hydrogen) atoms. The lowest BCUT2D eigenvalue weighted by molar-refractivity contribution is -0.130. The van der Waals surface area contributed by atoms with Gasteiger partial charge in [-0.05, 0) is 252 Å². The summed E-state index contributed by atoms with van der Waals surface area (Å²) in [5.41, 5.74) is 1.38. The summed E-state index contributed by atoms with van der Waals surface area (Å²) in [4.78, 5) is 86.9. The molecule has 0 saturated carbocycles. The van der Waals surface area contributed by atoms with Crippen molar-refractivity contribution in [2.45, 2.75) is 253 Å². The number of nitrogens with zero attached hydrogens (tertiary/aromatic N) is 6. The second-order valence-corrected chi connectivity index (χ2v) is 35.7. The third-order valence-corrected chi connectivity index (χ3v) is 25.3. The third-order valence-electron chi connectivity index (χ3n) is 25.3. The number of rotatable bonds is 27. The van der Waals surface area contributed by atoms with Gasteiger partial charge in [0.05, 0.1) is 103 Å². The number of carbonyl (C=O) groups is 6. The molecular formula is C117H168N6O18. The molecule has 12 aliphatic heterocycles. The number of carbonyl (C=O) groups excluding carboxylic acids is 6. The topological polar surface area (TPSA) is 233 Å². The van der Waals surface area contributed by atoms with E-state index in [1.54, 1.807) is 18.7 Å². The minimum absolute atomic E-state index is 0.0109. The number of fused-ring (bicyclic) bond motifs is 18. The van der Waals surface area contributed by atoms with E-state index >= 15 is 0 Å². The maximum atomic E-state index is 13.8. The van der Waals surface area contributed by atoms with E-state index in [1.807, 2.05) is 27.7 Å². The fraction of sp³-hybridized carbons (Fsp3) is 0.641. The van der Waals surface area contributed by atoms with Crippen molar-refractivity contribution >= 4 is 34.7 Å². The second-order valence-electron chi connectivity index (χ2n) is 35.7. The van der Waals surface area contributed by atoms with E-state index in [2.05, 4.69) is 0 Å². The van der Waals surface area contributed by atoms with Crippen molar-refractivity contribution in [2.75, 3.05) is 164 Å². The molecule has 6 saturated heterocycles. The van der Waals surface area contributed by atoms with Crippen LogP contribution in [0.25, 0.3) is 0 Å². The molecule has 15 unspecified atom stereocenters. The summed E-state index contributed by atoms with van der Waals surface area (Å²) in [6, 6.07) is -11.1. The van der Waals surface area contributed by atoms with Gasteiger partial charge in [0.25, 0.3) is 0 Å². The van der Waals surface area contributed by atoms with Gasteiger partial charge in [0, 0.05) is 250 Å². The van der Waals surface area contributed by atoms with Crippen LogP contribution in [0.2, 0.25) is 0 Å². The highest BCUT2D eigenvalue weighted by Crippen LogP contribution is 2.51. The summed E-state index contributed by atoms with van der Waals surface area (Å²) in [5, 5.41) is 0. The lowest BCUT2D eigenvalue weighted by Gasteiger charge is -2.43. The molecule has 774 valence electrons. The molecule has 6 fully saturated rings. The van der Waals surface area contributed by atoms with Crippen LogP contribution in [-0.4, -0.2) is 228 Å². The Bertz CT molecular complexity index is 8300. The van der Waals surface area contributed by atoms with Crippen LogP contribution in [0.15, 0.2) is 72.5 Å². The lowest BCUT2D eigenvalue weighted by Crippen LogP contribution is -2.46. The highest BCUT2D eigenvalue weighted by molar-refractivity contribution is 5.86. The molecule has 6 aromatic rings. The molecule has 24 nitrogen and oxygen atoms in total. The number of ketones is 6. The molecule has 18 rings (SSSR count). The van der Waals surface area contributed by atoms with Crippen molar-refractivity contribution in [1.82, 2.24) is 29.4 Å². The summed E-state index contributed by atoms with van der Waals surface area (Å²) in [6.07, 6.45) is -31.8. The Kier molecular flexibility index (Phi) is 19.6. The fourth-order valence-electron chi connectivity index (χ4n) is 18.3. The van der Waals surface area contributed by atoms with Gasteiger partial charge in [-0.2, -0.15) is 0 Å². The van der Waals surface area contributed by atoms with Crippen LogP contribution >= 0.6 is 0 Å². The number of methoxy groups -OCH3 is 12. The van der Waals surface area contributed by atoms with Gasteiger partial charge in [0.15, 0.2) is 69.0 Å². The SMILES string of the molecule is [2H]c1c(OC)c(OC)c([2H])c2c1C1([2H])CC(=O)C(CC(C)C)CN1C([2H])([2H])C2([2H])[2H].[2H]c1c2c(c([2H])c(OC)c1OC)C1CC(=O)C(C([2H])([2H])C([2H])(C([2H])([2H])[2H])C([2H])([2H])C)C([2H])([2H])N1CC2.[2H]c1c2c(c([2H])c(OC)c1OC)C1CC(=O)C(CC(C)C)C([2H])([2H])N1CC2.[2H]c1c2c(c([2H])c(OC)c1OC)C1N(CC2)C([2H])([2H])C([2H])(C([2H])([2H])C([2H])(C([2H])([2H])[2H])C([2H])([2H])C)C(=O)C1([2H])[2H].[2H]c1c2c(c([2H])c(OC)c1OC)C1N(CC2)C([2H])([2H])C([2H])(CC(C)C)C(=O)C1([2H])[2H].[2H]c1c2c(c([2H])c(OC)c1OC)C1N(CC2)CC([2H])(C([2H])([2H])C([2H])(C([2H])([2H])[2H])C([2H])([2H])C)C(=O)C1([2H])[2H]. The molecule has 6 aromatic carbocycles. The molecule has 0 bridgehead atoms. The van der Waals surface area contributed by atoms with Crippen molar-refractivity contribution in [3.63, 3.8) is 0 Å². The van der Waals surface area contributed by atoms with E-state index in [4.69, 9.17) is 136 Å². The van der Waals surface area contributed by atoms with Gasteiger partial charge >= 0.3 is 0 Å². The molecular weight excluding hydrogens is 1780 g/mol. The number of ether oxygens (including phenoxy) is 12. The summed E-state index contributed by atoms with van der Waals surface area (Å²) in [5.74, 6) is -30.7. The molecule has 24 heteroatoms. The van der Waals surface area contributed by atoms with Crippen LogP contribution < -0.4 is 56.8 Å². The minimum Gasteiger partial charge on any atom is -0.493 e. The third kappa shape index (κ3) is 25.6. The molecule has 15 atom stereocenters. The molecule has 0 N–H and O–H groups in total. The standard InChI is InChI=1S/3C20H29NO3.3C19H27NO3/c3*1-5-13(2)8-15-12-21-7-6-14-9-19(23-3)20(24-4)10-16(14)17(21)11-18(15)22;3*1-12(2)7-14-11-20-6-5-13-8-18(22-3)19(23-4)9-15(13)16(20)10-17(14)21/h3*9-10,13,15,17H,5-8,11-12H2,1-4H3;3*8-9,12,14,16H,5-7,10-11H2,1-4H3/i2D3,5D2,8D2,9D,10D,11D2,12D2,13D,15D;2D3,5D2,8D2,9D,10D,11D2,13D,15D;2D3,5D2,8D2,9D,10D,12D2,13D;8D,9D,10D2,11D2,14D;5D2,6D2,8D,9D,16D;8D,9D,11D2. The van der Waals surface area contributed by atoms with E-state index in [-0.39, 0.29) is 262 Å². The first-order valence-electron chi connectivity index (χ1n) is 75.6. The Morgan fingerprint density at radius 1 is 0.326 bits per heavy atom. The van der Waals surface area contributed by atoms with Crippen molar-refractivity contribution in [2.24, 2.45) is 70.9 Å². The molecule has 0 amide bonds. The van der Waals surface area contributed by atoms with Gasteiger partial charge in [-0.1, -0.05) is 102 Å². The van der Waals surface area contributed by atoms with Gasteiger partial charge < -0.3 is 56.8 Å². The van der Waals surface area contributed by atoms with Crippen LogP contribution in [0.5, 0.6) is 69.0 Å². The maximum Gasteiger partial charge on any atom is 0.161 e. The smallest absolute Gasteiger partial charge is 0.161 e. The van der Waals surface area contributed by atoms with Gasteiger partial charge in [-0.25, -0.2) is 0 Å². The zero-order chi connectivity index (χ0) is 153. The van der Waals surface area contributed by atoms with E-state index in [1.165, 1.54) is 88.0 Å². The lowest BCUT2D eigenvalue weighted by atomic mass is 9.79. The van der Waals surface area contributed by atoms with Crippen molar-refractivity contribution in [3.05, 3.63) is 139 Å².